The molecule has 2 heterocycles. The van der Waals surface area contributed by atoms with Crippen LogP contribution in [-0.4, -0.2) is 25.1 Å². The van der Waals surface area contributed by atoms with Crippen LogP contribution in [0.1, 0.15) is 50.7 Å². The minimum Gasteiger partial charge on any atom is -0.337 e. The van der Waals surface area contributed by atoms with Gasteiger partial charge in [0.1, 0.15) is 0 Å². The number of benzene rings is 1. The number of imidazole rings is 1. The van der Waals surface area contributed by atoms with E-state index in [1.807, 2.05) is 12.5 Å². The summed E-state index contributed by atoms with van der Waals surface area (Å²) in [5.41, 5.74) is 2.99. The average molecular weight is 389 g/mol. The number of unbranched alkanes of at least 4 members (excludes halogenated alkanes) is 1. The lowest BCUT2D eigenvalue weighted by atomic mass is 10.0. The quantitative estimate of drug-likeness (QED) is 0.520. The van der Waals surface area contributed by atoms with Crippen molar-refractivity contribution in [3.8, 4) is 0 Å². The van der Waals surface area contributed by atoms with Crippen molar-refractivity contribution in [2.45, 2.75) is 63.0 Å². The zero-order valence-corrected chi connectivity index (χ0v) is 17.8. The van der Waals surface area contributed by atoms with Crippen LogP contribution in [0.2, 0.25) is 0 Å². The number of aryl methyl sites for hydroxylation is 2. The van der Waals surface area contributed by atoms with Crippen LogP contribution >= 0.6 is 23.5 Å². The molecule has 3 rings (SSSR count). The average Bonchev–Trinajstić information content (AvgIpc) is 3.17. The van der Waals surface area contributed by atoms with Gasteiger partial charge in [0.15, 0.2) is 0 Å². The Morgan fingerprint density at radius 1 is 1.12 bits per heavy atom. The fourth-order valence-electron chi connectivity index (χ4n) is 3.48. The summed E-state index contributed by atoms with van der Waals surface area (Å²) in [7, 11) is 0. The summed E-state index contributed by atoms with van der Waals surface area (Å²) in [6.45, 7) is 5.73. The van der Waals surface area contributed by atoms with Gasteiger partial charge in [-0.15, -0.1) is 23.5 Å². The summed E-state index contributed by atoms with van der Waals surface area (Å²) in [5.74, 6) is 3.43. The molecule has 0 saturated carbocycles. The molecule has 0 atom stereocenters. The van der Waals surface area contributed by atoms with Crippen LogP contribution in [0.25, 0.3) is 0 Å². The van der Waals surface area contributed by atoms with Gasteiger partial charge < -0.3 is 4.57 Å². The van der Waals surface area contributed by atoms with E-state index in [1.165, 1.54) is 61.2 Å². The maximum absolute atomic E-state index is 4.16. The highest BCUT2D eigenvalue weighted by Gasteiger charge is 2.35. The summed E-state index contributed by atoms with van der Waals surface area (Å²) in [6, 6.07) is 9.46. The lowest BCUT2D eigenvalue weighted by molar-refractivity contribution is 0.571. The van der Waals surface area contributed by atoms with Gasteiger partial charge in [-0.3, -0.25) is 0 Å². The largest absolute Gasteiger partial charge is 0.337 e. The molecule has 4 heteroatoms. The SMILES string of the molecule is CCCCc1ccc(CC2(CCCn3ccnc3)SCC(C)CS2)cc1. The molecule has 0 amide bonds. The molecular formula is C22H32N2S2. The van der Waals surface area contributed by atoms with Crippen molar-refractivity contribution in [2.75, 3.05) is 11.5 Å². The normalized spacial score (nSPS) is 23.2. The fourth-order valence-corrected chi connectivity index (χ4v) is 6.90. The van der Waals surface area contributed by atoms with E-state index in [0.29, 0.717) is 4.08 Å². The molecule has 0 radical (unpaired) electrons. The van der Waals surface area contributed by atoms with Gasteiger partial charge in [-0.1, -0.05) is 44.5 Å². The molecule has 142 valence electrons. The smallest absolute Gasteiger partial charge is 0.0945 e. The molecule has 1 fully saturated rings. The van der Waals surface area contributed by atoms with Crippen LogP contribution in [0.15, 0.2) is 43.0 Å². The molecule has 1 aromatic carbocycles. The van der Waals surface area contributed by atoms with Crippen LogP contribution in [-0.2, 0) is 19.4 Å². The highest BCUT2D eigenvalue weighted by Crippen LogP contribution is 2.49. The Hall–Kier alpha value is -0.870. The van der Waals surface area contributed by atoms with E-state index >= 15 is 0 Å². The van der Waals surface area contributed by atoms with Gasteiger partial charge in [0.2, 0.25) is 0 Å². The molecule has 2 nitrogen and oxygen atoms in total. The third-order valence-corrected chi connectivity index (χ3v) is 9.04. The van der Waals surface area contributed by atoms with Gasteiger partial charge in [-0.2, -0.15) is 0 Å². The number of thioether (sulfide) groups is 2. The first-order chi connectivity index (χ1) is 12.7. The number of rotatable bonds is 9. The number of hydrogen-bond acceptors (Lipinski definition) is 3. The summed E-state index contributed by atoms with van der Waals surface area (Å²) >= 11 is 4.41. The summed E-state index contributed by atoms with van der Waals surface area (Å²) in [6.07, 6.45) is 13.3. The Bertz CT molecular complexity index is 629. The predicted molar refractivity (Wildman–Crippen MR) is 117 cm³/mol. The molecule has 2 aromatic rings. The maximum atomic E-state index is 4.16. The van der Waals surface area contributed by atoms with Crippen molar-refractivity contribution in [3.05, 3.63) is 54.1 Å². The van der Waals surface area contributed by atoms with Gasteiger partial charge in [-0.05, 0) is 60.7 Å². The van der Waals surface area contributed by atoms with E-state index in [2.05, 4.69) is 77.4 Å². The van der Waals surface area contributed by atoms with Crippen molar-refractivity contribution in [1.82, 2.24) is 9.55 Å². The summed E-state index contributed by atoms with van der Waals surface area (Å²) < 4.78 is 2.55. The second-order valence-corrected chi connectivity index (χ2v) is 10.7. The molecule has 1 aliphatic rings. The Kier molecular flexibility index (Phi) is 7.56. The first-order valence-corrected chi connectivity index (χ1v) is 12.0. The zero-order valence-electron chi connectivity index (χ0n) is 16.2. The molecule has 0 unspecified atom stereocenters. The molecule has 26 heavy (non-hydrogen) atoms. The molecule has 1 aliphatic heterocycles. The topological polar surface area (TPSA) is 17.8 Å². The Morgan fingerprint density at radius 2 is 1.85 bits per heavy atom. The van der Waals surface area contributed by atoms with E-state index in [4.69, 9.17) is 0 Å². The van der Waals surface area contributed by atoms with Crippen molar-refractivity contribution < 1.29 is 0 Å². The van der Waals surface area contributed by atoms with Gasteiger partial charge in [0.25, 0.3) is 0 Å². The standard InChI is InChI=1S/C22H32N2S2/c1-3-4-6-20-7-9-21(10-8-20)15-22(25-16-19(2)17-26-22)11-5-13-24-14-12-23-18-24/h7-10,12,14,18-19H,3-6,11,13,15-17H2,1-2H3. The molecule has 0 spiro atoms. The van der Waals surface area contributed by atoms with Crippen molar-refractivity contribution in [3.63, 3.8) is 0 Å². The second-order valence-electron chi connectivity index (χ2n) is 7.64. The van der Waals surface area contributed by atoms with E-state index < -0.39 is 0 Å². The van der Waals surface area contributed by atoms with E-state index in [1.54, 1.807) is 0 Å². The highest BCUT2D eigenvalue weighted by atomic mass is 32.2. The molecule has 0 bridgehead atoms. The van der Waals surface area contributed by atoms with Crippen molar-refractivity contribution in [2.24, 2.45) is 5.92 Å². The van der Waals surface area contributed by atoms with Gasteiger partial charge in [0.05, 0.1) is 10.4 Å². The minimum atomic E-state index is 0.345. The van der Waals surface area contributed by atoms with E-state index in [-0.39, 0.29) is 0 Å². The number of aromatic nitrogens is 2. The molecule has 0 N–H and O–H groups in total. The number of nitrogens with zero attached hydrogens (tertiary/aromatic N) is 2. The molecule has 0 aliphatic carbocycles. The Morgan fingerprint density at radius 3 is 2.50 bits per heavy atom. The first-order valence-electron chi connectivity index (χ1n) is 10.0. The van der Waals surface area contributed by atoms with Crippen LogP contribution in [0.5, 0.6) is 0 Å². The van der Waals surface area contributed by atoms with E-state index in [9.17, 15) is 0 Å². The lowest BCUT2D eigenvalue weighted by Crippen LogP contribution is -2.31. The Balaban J connectivity index is 1.61. The molecular weight excluding hydrogens is 356 g/mol. The third kappa shape index (κ3) is 5.82. The van der Waals surface area contributed by atoms with Gasteiger partial charge >= 0.3 is 0 Å². The van der Waals surface area contributed by atoms with Gasteiger partial charge in [0, 0.05) is 18.9 Å². The molecule has 1 saturated heterocycles. The first kappa shape index (κ1) is 19.9. The van der Waals surface area contributed by atoms with Crippen molar-refractivity contribution >= 4 is 23.5 Å². The van der Waals surface area contributed by atoms with Crippen LogP contribution < -0.4 is 0 Å². The second kappa shape index (κ2) is 9.89. The summed E-state index contributed by atoms with van der Waals surface area (Å²) in [5, 5.41) is 0. The van der Waals surface area contributed by atoms with Crippen LogP contribution in [0, 0.1) is 5.92 Å². The maximum Gasteiger partial charge on any atom is 0.0945 e. The fraction of sp³-hybridized carbons (Fsp3) is 0.591. The number of hydrogen-bond donors (Lipinski definition) is 0. The monoisotopic (exact) mass is 388 g/mol. The Labute approximate surface area is 167 Å². The highest BCUT2D eigenvalue weighted by molar-refractivity contribution is 8.18. The summed E-state index contributed by atoms with van der Waals surface area (Å²) in [4.78, 5) is 4.16. The van der Waals surface area contributed by atoms with Crippen LogP contribution in [0.4, 0.5) is 0 Å². The molecule has 1 aromatic heterocycles. The van der Waals surface area contributed by atoms with Gasteiger partial charge in [-0.25, -0.2) is 4.98 Å². The zero-order chi connectivity index (χ0) is 18.2. The third-order valence-electron chi connectivity index (χ3n) is 5.11. The lowest BCUT2D eigenvalue weighted by Gasteiger charge is -2.39. The predicted octanol–water partition coefficient (Wildman–Crippen LogP) is 6.06. The van der Waals surface area contributed by atoms with Crippen LogP contribution in [0.3, 0.4) is 0 Å². The van der Waals surface area contributed by atoms with E-state index in [0.717, 1.165) is 12.5 Å². The van der Waals surface area contributed by atoms with Crippen molar-refractivity contribution in [1.29, 1.82) is 0 Å². The minimum absolute atomic E-state index is 0.345.